The molecule has 1 spiro atoms. The van der Waals surface area contributed by atoms with Gasteiger partial charge in [0.2, 0.25) is 0 Å². The second kappa shape index (κ2) is 11.7. The molecule has 0 bridgehead atoms. The first-order chi connectivity index (χ1) is 17.2. The third-order valence-corrected chi connectivity index (χ3v) is 6.90. The molecule has 1 saturated carbocycles. The van der Waals surface area contributed by atoms with Gasteiger partial charge < -0.3 is 10.1 Å². The summed E-state index contributed by atoms with van der Waals surface area (Å²) in [5.74, 6) is 0.953. The number of hydrogen-bond acceptors (Lipinski definition) is 6. The van der Waals surface area contributed by atoms with Gasteiger partial charge in [-0.1, -0.05) is 12.1 Å². The number of nitrogens with one attached hydrogen (secondary N) is 1. The molecule has 1 aliphatic heterocycles. The quantitative estimate of drug-likeness (QED) is 0.368. The van der Waals surface area contributed by atoms with Crippen molar-refractivity contribution in [1.29, 1.82) is 0 Å². The highest BCUT2D eigenvalue weighted by Crippen LogP contribution is 2.41. The molecule has 0 unspecified atom stereocenters. The van der Waals surface area contributed by atoms with Gasteiger partial charge in [0.1, 0.15) is 11.4 Å². The molecule has 2 aliphatic rings. The van der Waals surface area contributed by atoms with E-state index in [4.69, 9.17) is 4.74 Å². The average Bonchev–Trinajstić information content (AvgIpc) is 3.19. The van der Waals surface area contributed by atoms with Gasteiger partial charge in [-0.3, -0.25) is 9.88 Å². The minimum atomic E-state index is -4.41. The number of anilines is 2. The smallest absolute Gasteiger partial charge is 0.416 e. The Morgan fingerprint density at radius 3 is 2.50 bits per heavy atom. The SMILES string of the molecule is Cc1cc(N2C[C@]3(CC[C@@H](CNc4ccc(-c5cccc(C(F)(F)F)c5)nn4)CC3)OC2=O)ccn1.Cl.Cl. The Morgan fingerprint density at radius 1 is 1.08 bits per heavy atom. The van der Waals surface area contributed by atoms with Crippen LogP contribution in [0, 0.1) is 12.8 Å². The molecule has 38 heavy (non-hydrogen) atoms. The molecule has 1 aromatic carbocycles. The third kappa shape index (κ3) is 6.47. The standard InChI is InChI=1S/C26H26F3N5O2.2ClH/c1-17-13-21(9-12-30-17)34-16-25(36-24(34)35)10-7-18(8-11-25)15-31-23-6-5-22(32-33-23)19-3-2-4-20(14-19)26(27,28)29;;/h2-6,9,12-14,18H,7-8,10-11,15-16H2,1H3,(H,31,33);2*1H/t18-,25-;;. The summed E-state index contributed by atoms with van der Waals surface area (Å²) in [5.41, 5.74) is 1.22. The van der Waals surface area contributed by atoms with E-state index in [1.165, 1.54) is 6.07 Å². The zero-order valence-electron chi connectivity index (χ0n) is 20.6. The van der Waals surface area contributed by atoms with E-state index in [-0.39, 0.29) is 30.9 Å². The number of ether oxygens (including phenoxy) is 1. The van der Waals surface area contributed by atoms with E-state index < -0.39 is 17.3 Å². The largest absolute Gasteiger partial charge is 0.441 e. The van der Waals surface area contributed by atoms with Crippen molar-refractivity contribution >= 4 is 42.4 Å². The molecule has 2 aromatic heterocycles. The summed E-state index contributed by atoms with van der Waals surface area (Å²) in [7, 11) is 0. The lowest BCUT2D eigenvalue weighted by molar-refractivity contribution is -0.137. The Bertz CT molecular complexity index is 1250. The molecule has 1 aliphatic carbocycles. The number of pyridine rings is 1. The van der Waals surface area contributed by atoms with Gasteiger partial charge in [0.25, 0.3) is 0 Å². The Kier molecular flexibility index (Phi) is 9.09. The Balaban J connectivity index is 0.00000200. The first-order valence-electron chi connectivity index (χ1n) is 11.9. The zero-order valence-corrected chi connectivity index (χ0v) is 22.2. The molecule has 1 amide bonds. The van der Waals surface area contributed by atoms with Crippen LogP contribution >= 0.6 is 24.8 Å². The van der Waals surface area contributed by atoms with Gasteiger partial charge in [-0.15, -0.1) is 35.0 Å². The predicted octanol–water partition coefficient (Wildman–Crippen LogP) is 6.71. The van der Waals surface area contributed by atoms with Gasteiger partial charge in [0, 0.05) is 24.0 Å². The number of benzene rings is 1. The summed E-state index contributed by atoms with van der Waals surface area (Å²) < 4.78 is 44.8. The summed E-state index contributed by atoms with van der Waals surface area (Å²) in [5, 5.41) is 11.5. The van der Waals surface area contributed by atoms with E-state index in [9.17, 15) is 18.0 Å². The van der Waals surface area contributed by atoms with Crippen molar-refractivity contribution < 1.29 is 22.7 Å². The number of carbonyl (C=O) groups excluding carboxylic acids is 1. The number of alkyl halides is 3. The molecule has 0 atom stereocenters. The first kappa shape index (κ1) is 29.4. The molecule has 2 fully saturated rings. The molecule has 3 heterocycles. The lowest BCUT2D eigenvalue weighted by Gasteiger charge is -2.35. The van der Waals surface area contributed by atoms with Crippen LogP contribution in [0.15, 0.2) is 54.7 Å². The number of carbonyl (C=O) groups is 1. The number of nitrogens with zero attached hydrogens (tertiary/aromatic N) is 4. The maximum atomic E-state index is 13.0. The molecule has 0 radical (unpaired) electrons. The molecule has 204 valence electrons. The first-order valence-corrected chi connectivity index (χ1v) is 11.9. The fourth-order valence-electron chi connectivity index (χ4n) is 4.87. The maximum Gasteiger partial charge on any atom is 0.416 e. The number of rotatable bonds is 5. The van der Waals surface area contributed by atoms with E-state index in [2.05, 4.69) is 20.5 Å². The summed E-state index contributed by atoms with van der Waals surface area (Å²) in [4.78, 5) is 18.4. The summed E-state index contributed by atoms with van der Waals surface area (Å²) >= 11 is 0. The van der Waals surface area contributed by atoms with E-state index in [0.717, 1.165) is 49.2 Å². The van der Waals surface area contributed by atoms with Crippen molar-refractivity contribution in [2.45, 2.75) is 44.4 Å². The maximum absolute atomic E-state index is 13.0. The molecule has 1 N–H and O–H groups in total. The van der Waals surface area contributed by atoms with Crippen LogP contribution < -0.4 is 10.2 Å². The van der Waals surface area contributed by atoms with Crippen molar-refractivity contribution in [3.63, 3.8) is 0 Å². The van der Waals surface area contributed by atoms with E-state index >= 15 is 0 Å². The minimum Gasteiger partial charge on any atom is -0.441 e. The Hall–Kier alpha value is -3.11. The normalized spacial score (nSPS) is 20.9. The van der Waals surface area contributed by atoms with E-state index in [1.807, 2.05) is 19.1 Å². The summed E-state index contributed by atoms with van der Waals surface area (Å²) in [6.07, 6.45) is 0.348. The van der Waals surface area contributed by atoms with Crippen molar-refractivity contribution in [3.05, 3.63) is 66.0 Å². The highest BCUT2D eigenvalue weighted by atomic mass is 35.5. The van der Waals surface area contributed by atoms with Crippen molar-refractivity contribution in [2.24, 2.45) is 5.92 Å². The van der Waals surface area contributed by atoms with E-state index in [1.54, 1.807) is 29.3 Å². The molecule has 7 nitrogen and oxygen atoms in total. The third-order valence-electron chi connectivity index (χ3n) is 6.90. The number of aromatic nitrogens is 3. The molecule has 12 heteroatoms. The van der Waals surface area contributed by atoms with Gasteiger partial charge in [-0.25, -0.2) is 4.79 Å². The van der Waals surface area contributed by atoms with Gasteiger partial charge in [0.15, 0.2) is 0 Å². The summed E-state index contributed by atoms with van der Waals surface area (Å²) in [6, 6.07) is 12.1. The lowest BCUT2D eigenvalue weighted by atomic mass is 9.78. The van der Waals surface area contributed by atoms with Gasteiger partial charge in [0.05, 0.1) is 23.5 Å². The van der Waals surface area contributed by atoms with Crippen molar-refractivity contribution in [3.8, 4) is 11.3 Å². The van der Waals surface area contributed by atoms with E-state index in [0.29, 0.717) is 36.1 Å². The van der Waals surface area contributed by atoms with Crippen LogP contribution in [0.3, 0.4) is 0 Å². The van der Waals surface area contributed by atoms with Gasteiger partial charge in [-0.05, 0) is 74.9 Å². The highest BCUT2D eigenvalue weighted by molar-refractivity contribution is 5.90. The molecular weight excluding hydrogens is 542 g/mol. The van der Waals surface area contributed by atoms with Gasteiger partial charge >= 0.3 is 12.3 Å². The van der Waals surface area contributed by atoms with Crippen LogP contribution in [0.5, 0.6) is 0 Å². The summed E-state index contributed by atoms with van der Waals surface area (Å²) in [6.45, 7) is 3.12. The van der Waals surface area contributed by atoms with Crippen LogP contribution in [0.4, 0.5) is 29.5 Å². The fourth-order valence-corrected chi connectivity index (χ4v) is 4.87. The number of amides is 1. The second-order valence-electron chi connectivity index (χ2n) is 9.50. The van der Waals surface area contributed by atoms with Crippen LogP contribution in [0.1, 0.15) is 36.9 Å². The second-order valence-corrected chi connectivity index (χ2v) is 9.50. The molecular formula is C26H28Cl2F3N5O2. The molecule has 1 saturated heterocycles. The Morgan fingerprint density at radius 2 is 1.84 bits per heavy atom. The lowest BCUT2D eigenvalue weighted by Crippen LogP contribution is -2.39. The Labute approximate surface area is 231 Å². The minimum absolute atomic E-state index is 0. The number of halogens is 5. The van der Waals surface area contributed by atoms with Crippen molar-refractivity contribution in [2.75, 3.05) is 23.3 Å². The highest BCUT2D eigenvalue weighted by Gasteiger charge is 2.47. The average molecular weight is 570 g/mol. The van der Waals surface area contributed by atoms with Crippen LogP contribution in [-0.4, -0.2) is 40.0 Å². The van der Waals surface area contributed by atoms with Crippen LogP contribution in [-0.2, 0) is 10.9 Å². The van der Waals surface area contributed by atoms with Crippen LogP contribution in [0.25, 0.3) is 11.3 Å². The predicted molar refractivity (Wildman–Crippen MR) is 143 cm³/mol. The number of hydrogen-bond donors (Lipinski definition) is 1. The fraction of sp³-hybridized carbons (Fsp3) is 0.385. The number of aryl methyl sites for hydroxylation is 1. The zero-order chi connectivity index (χ0) is 25.3. The van der Waals surface area contributed by atoms with Crippen molar-refractivity contribution in [1.82, 2.24) is 15.2 Å². The topological polar surface area (TPSA) is 80.2 Å². The monoisotopic (exact) mass is 569 g/mol. The van der Waals surface area contributed by atoms with Crippen LogP contribution in [0.2, 0.25) is 0 Å². The molecule has 3 aromatic rings. The van der Waals surface area contributed by atoms with Gasteiger partial charge in [-0.2, -0.15) is 13.2 Å². The molecule has 5 rings (SSSR count).